The van der Waals surface area contributed by atoms with E-state index >= 15 is 0 Å². The molecular formula is C13H22ClN3O. The van der Waals surface area contributed by atoms with Gasteiger partial charge in [0.15, 0.2) is 0 Å². The maximum absolute atomic E-state index is 12.0. The van der Waals surface area contributed by atoms with E-state index in [1.807, 2.05) is 14.0 Å². The number of aryl methyl sites for hydroxylation is 2. The van der Waals surface area contributed by atoms with Gasteiger partial charge in [-0.15, -0.1) is 0 Å². The molecule has 0 spiro atoms. The van der Waals surface area contributed by atoms with Gasteiger partial charge in [-0.25, -0.2) is 0 Å². The van der Waals surface area contributed by atoms with Crippen LogP contribution in [-0.2, 0) is 24.7 Å². The molecule has 1 aromatic heterocycles. The number of aromatic nitrogens is 2. The predicted molar refractivity (Wildman–Crippen MR) is 73.8 cm³/mol. The third-order valence-electron chi connectivity index (χ3n) is 3.29. The molecule has 1 atom stereocenters. The number of hydrogen-bond acceptors (Lipinski definition) is 3. The van der Waals surface area contributed by atoms with E-state index < -0.39 is 0 Å². The minimum absolute atomic E-state index is 0.180. The zero-order valence-corrected chi connectivity index (χ0v) is 12.1. The summed E-state index contributed by atoms with van der Waals surface area (Å²) in [5.74, 6) is 0.454. The third kappa shape index (κ3) is 3.56. The molecule has 1 aromatic rings. The minimum atomic E-state index is 0.180. The minimum Gasteiger partial charge on any atom is -0.330 e. The molecule has 0 aromatic carbocycles. The van der Waals surface area contributed by atoms with Gasteiger partial charge >= 0.3 is 0 Å². The molecular weight excluding hydrogens is 250 g/mol. The van der Waals surface area contributed by atoms with Crippen LogP contribution in [0.1, 0.15) is 38.1 Å². The first-order valence-electron chi connectivity index (χ1n) is 6.45. The van der Waals surface area contributed by atoms with Crippen LogP contribution in [0, 0.1) is 5.92 Å². The van der Waals surface area contributed by atoms with Crippen molar-refractivity contribution in [3.8, 4) is 0 Å². The van der Waals surface area contributed by atoms with Crippen molar-refractivity contribution in [2.75, 3.05) is 6.54 Å². The fourth-order valence-electron chi connectivity index (χ4n) is 1.99. The summed E-state index contributed by atoms with van der Waals surface area (Å²) in [6.45, 7) is 4.61. The topological polar surface area (TPSA) is 60.9 Å². The van der Waals surface area contributed by atoms with Gasteiger partial charge in [0.2, 0.25) is 0 Å². The standard InChI is InChI=1S/C13H22ClN3O/c1-4-9(8-15)6-10(18)7-12-13(14)11(5-2)16-17(12)3/h9H,4-8,15H2,1-3H3. The van der Waals surface area contributed by atoms with Gasteiger partial charge in [-0.05, 0) is 18.9 Å². The van der Waals surface area contributed by atoms with Crippen molar-refractivity contribution in [1.82, 2.24) is 9.78 Å². The highest BCUT2D eigenvalue weighted by Gasteiger charge is 2.18. The van der Waals surface area contributed by atoms with Crippen molar-refractivity contribution in [3.63, 3.8) is 0 Å². The molecule has 0 amide bonds. The number of nitrogens with zero attached hydrogens (tertiary/aromatic N) is 2. The van der Waals surface area contributed by atoms with E-state index in [2.05, 4.69) is 12.0 Å². The summed E-state index contributed by atoms with van der Waals surface area (Å²) in [5.41, 5.74) is 7.28. The van der Waals surface area contributed by atoms with Crippen molar-refractivity contribution in [2.24, 2.45) is 18.7 Å². The van der Waals surface area contributed by atoms with Gasteiger partial charge in [-0.2, -0.15) is 5.10 Å². The molecule has 0 fully saturated rings. The number of rotatable bonds is 7. The molecule has 18 heavy (non-hydrogen) atoms. The van der Waals surface area contributed by atoms with Crippen LogP contribution in [0.5, 0.6) is 0 Å². The highest BCUT2D eigenvalue weighted by molar-refractivity contribution is 6.32. The lowest BCUT2D eigenvalue weighted by Crippen LogP contribution is -2.19. The summed E-state index contributed by atoms with van der Waals surface area (Å²) >= 11 is 6.22. The Bertz CT molecular complexity index is 411. The van der Waals surface area contributed by atoms with Crippen LogP contribution in [0.15, 0.2) is 0 Å². The van der Waals surface area contributed by atoms with Gasteiger partial charge in [0, 0.05) is 19.9 Å². The van der Waals surface area contributed by atoms with E-state index in [0.29, 0.717) is 24.4 Å². The second kappa shape index (κ2) is 6.90. The summed E-state index contributed by atoms with van der Waals surface area (Å²) in [7, 11) is 1.83. The van der Waals surface area contributed by atoms with Crippen LogP contribution in [0.3, 0.4) is 0 Å². The summed E-state index contributed by atoms with van der Waals surface area (Å²) < 4.78 is 1.71. The van der Waals surface area contributed by atoms with Gasteiger partial charge < -0.3 is 5.73 Å². The number of ketones is 1. The molecule has 1 heterocycles. The smallest absolute Gasteiger partial charge is 0.139 e. The molecule has 5 heteroatoms. The Kier molecular flexibility index (Phi) is 5.82. The molecule has 0 radical (unpaired) electrons. The second-order valence-corrected chi connectivity index (χ2v) is 4.99. The maximum Gasteiger partial charge on any atom is 0.139 e. The van der Waals surface area contributed by atoms with Gasteiger partial charge in [0.1, 0.15) is 5.78 Å². The molecule has 0 aliphatic rings. The van der Waals surface area contributed by atoms with Crippen molar-refractivity contribution in [1.29, 1.82) is 0 Å². The van der Waals surface area contributed by atoms with Gasteiger partial charge in [0.25, 0.3) is 0 Å². The van der Waals surface area contributed by atoms with Crippen LogP contribution in [0.4, 0.5) is 0 Å². The number of hydrogen-bond donors (Lipinski definition) is 1. The highest BCUT2D eigenvalue weighted by atomic mass is 35.5. The molecule has 1 rings (SSSR count). The molecule has 0 aliphatic heterocycles. The van der Waals surface area contributed by atoms with Crippen LogP contribution < -0.4 is 5.73 Å². The second-order valence-electron chi connectivity index (χ2n) is 4.61. The number of Topliss-reactive ketones (excluding diaryl/α,β-unsaturated/α-hetero) is 1. The Labute approximate surface area is 113 Å². The average molecular weight is 272 g/mol. The molecule has 1 unspecified atom stereocenters. The Morgan fingerprint density at radius 3 is 2.61 bits per heavy atom. The van der Waals surface area contributed by atoms with Crippen LogP contribution >= 0.6 is 11.6 Å². The number of nitrogens with two attached hydrogens (primary N) is 1. The fourth-order valence-corrected chi connectivity index (χ4v) is 2.35. The summed E-state index contributed by atoms with van der Waals surface area (Å²) in [5, 5.41) is 4.94. The van der Waals surface area contributed by atoms with Crippen molar-refractivity contribution in [2.45, 2.75) is 39.5 Å². The van der Waals surface area contributed by atoms with E-state index in [4.69, 9.17) is 17.3 Å². The normalized spacial score (nSPS) is 12.7. The van der Waals surface area contributed by atoms with Gasteiger partial charge in [0.05, 0.1) is 16.4 Å². The average Bonchev–Trinajstić information content (AvgIpc) is 2.63. The first-order valence-corrected chi connectivity index (χ1v) is 6.83. The summed E-state index contributed by atoms with van der Waals surface area (Å²) in [6.07, 6.45) is 2.58. The fraction of sp³-hybridized carbons (Fsp3) is 0.692. The van der Waals surface area contributed by atoms with Crippen molar-refractivity contribution >= 4 is 17.4 Å². The summed E-state index contributed by atoms with van der Waals surface area (Å²) in [6, 6.07) is 0. The highest BCUT2D eigenvalue weighted by Crippen LogP contribution is 2.22. The van der Waals surface area contributed by atoms with E-state index in [9.17, 15) is 4.79 Å². The molecule has 4 nitrogen and oxygen atoms in total. The monoisotopic (exact) mass is 271 g/mol. The van der Waals surface area contributed by atoms with Crippen LogP contribution in [0.25, 0.3) is 0 Å². The first-order chi connectivity index (χ1) is 8.53. The Morgan fingerprint density at radius 1 is 1.50 bits per heavy atom. The van der Waals surface area contributed by atoms with Crippen LogP contribution in [-0.4, -0.2) is 22.1 Å². The van der Waals surface area contributed by atoms with Crippen molar-refractivity contribution in [3.05, 3.63) is 16.4 Å². The molecule has 2 N–H and O–H groups in total. The van der Waals surface area contributed by atoms with Crippen LogP contribution in [0.2, 0.25) is 5.02 Å². The SMILES string of the molecule is CCc1nn(C)c(CC(=O)CC(CC)CN)c1Cl. The zero-order chi connectivity index (χ0) is 13.7. The number of carbonyl (C=O) groups excluding carboxylic acids is 1. The lowest BCUT2D eigenvalue weighted by molar-refractivity contribution is -0.119. The Hall–Kier alpha value is -0.870. The number of halogens is 1. The van der Waals surface area contributed by atoms with E-state index in [1.54, 1.807) is 4.68 Å². The lowest BCUT2D eigenvalue weighted by atomic mass is 9.98. The first kappa shape index (κ1) is 15.2. The van der Waals surface area contributed by atoms with Gasteiger partial charge in [-0.1, -0.05) is 31.9 Å². The Balaban J connectivity index is 2.73. The molecule has 0 saturated carbocycles. The van der Waals surface area contributed by atoms with E-state index in [1.165, 1.54) is 0 Å². The quantitative estimate of drug-likeness (QED) is 0.826. The van der Waals surface area contributed by atoms with E-state index in [0.717, 1.165) is 24.2 Å². The predicted octanol–water partition coefficient (Wildman–Crippen LogP) is 2.12. The molecule has 0 aliphatic carbocycles. The van der Waals surface area contributed by atoms with E-state index in [-0.39, 0.29) is 11.7 Å². The lowest BCUT2D eigenvalue weighted by Gasteiger charge is -2.10. The van der Waals surface area contributed by atoms with Gasteiger partial charge in [-0.3, -0.25) is 9.48 Å². The largest absolute Gasteiger partial charge is 0.330 e. The van der Waals surface area contributed by atoms with Crippen molar-refractivity contribution < 1.29 is 4.79 Å². The molecule has 0 saturated heterocycles. The maximum atomic E-state index is 12.0. The number of carbonyl (C=O) groups is 1. The summed E-state index contributed by atoms with van der Waals surface area (Å²) in [4.78, 5) is 12.0. The molecule has 102 valence electrons. The Morgan fingerprint density at radius 2 is 2.17 bits per heavy atom. The third-order valence-corrected chi connectivity index (χ3v) is 3.73. The molecule has 0 bridgehead atoms. The zero-order valence-electron chi connectivity index (χ0n) is 11.4.